The van der Waals surface area contributed by atoms with Gasteiger partial charge in [-0.15, -0.1) is 0 Å². The molecule has 20 heavy (non-hydrogen) atoms. The molecule has 1 fully saturated rings. The number of hydrogen-bond acceptors (Lipinski definition) is 4. The lowest BCUT2D eigenvalue weighted by atomic mass is 9.90. The van der Waals surface area contributed by atoms with Crippen molar-refractivity contribution >= 4 is 11.6 Å². The first kappa shape index (κ1) is 15.7. The van der Waals surface area contributed by atoms with Crippen molar-refractivity contribution in [1.82, 2.24) is 14.9 Å². The summed E-state index contributed by atoms with van der Waals surface area (Å²) < 4.78 is 0. The van der Waals surface area contributed by atoms with E-state index in [-0.39, 0.29) is 0 Å². The summed E-state index contributed by atoms with van der Waals surface area (Å²) in [5, 5.41) is 0.537. The van der Waals surface area contributed by atoms with Gasteiger partial charge in [0.2, 0.25) is 0 Å². The second kappa shape index (κ2) is 7.34. The Bertz CT molecular complexity index is 410. The van der Waals surface area contributed by atoms with E-state index >= 15 is 0 Å². The summed E-state index contributed by atoms with van der Waals surface area (Å²) in [7, 11) is 0. The molecule has 0 aromatic carbocycles. The normalized spacial score (nSPS) is 23.2. The molecule has 2 N–H and O–H groups in total. The van der Waals surface area contributed by atoms with E-state index in [1.54, 1.807) is 6.07 Å². The van der Waals surface area contributed by atoms with E-state index in [1.807, 2.05) is 6.92 Å². The van der Waals surface area contributed by atoms with Crippen LogP contribution in [0.4, 0.5) is 0 Å². The molecule has 0 aliphatic heterocycles. The van der Waals surface area contributed by atoms with Crippen molar-refractivity contribution in [3.63, 3.8) is 0 Å². The maximum atomic E-state index is 6.03. The van der Waals surface area contributed by atoms with Gasteiger partial charge in [0.05, 0.1) is 6.54 Å². The van der Waals surface area contributed by atoms with Crippen molar-refractivity contribution in [3.05, 3.63) is 22.7 Å². The third-order valence-electron chi connectivity index (χ3n) is 3.98. The van der Waals surface area contributed by atoms with Crippen LogP contribution in [0.3, 0.4) is 0 Å². The lowest BCUT2D eigenvalue weighted by Crippen LogP contribution is -2.41. The molecule has 2 rings (SSSR count). The summed E-state index contributed by atoms with van der Waals surface area (Å²) in [6, 6.07) is 2.80. The van der Waals surface area contributed by atoms with Crippen LogP contribution in [0.15, 0.2) is 6.07 Å². The van der Waals surface area contributed by atoms with Crippen molar-refractivity contribution in [2.24, 2.45) is 5.73 Å². The Balaban J connectivity index is 2.04. The number of nitrogens with zero attached hydrogens (tertiary/aromatic N) is 3. The lowest BCUT2D eigenvalue weighted by molar-refractivity contribution is 0.138. The zero-order valence-corrected chi connectivity index (χ0v) is 13.2. The number of halogens is 1. The predicted molar refractivity (Wildman–Crippen MR) is 82.7 cm³/mol. The van der Waals surface area contributed by atoms with E-state index in [1.165, 1.54) is 12.8 Å². The highest BCUT2D eigenvalue weighted by molar-refractivity contribution is 6.29. The Labute approximate surface area is 126 Å². The van der Waals surface area contributed by atoms with Gasteiger partial charge in [0.25, 0.3) is 0 Å². The Morgan fingerprint density at radius 2 is 2.00 bits per heavy atom. The molecule has 0 amide bonds. The van der Waals surface area contributed by atoms with Gasteiger partial charge in [-0.2, -0.15) is 0 Å². The summed E-state index contributed by atoms with van der Waals surface area (Å²) in [6.45, 7) is 6.04. The van der Waals surface area contributed by atoms with E-state index in [4.69, 9.17) is 17.3 Å². The van der Waals surface area contributed by atoms with Crippen LogP contribution < -0.4 is 5.73 Å². The number of hydrogen-bond donors (Lipinski definition) is 1. The van der Waals surface area contributed by atoms with Gasteiger partial charge >= 0.3 is 0 Å². The zero-order valence-electron chi connectivity index (χ0n) is 12.5. The Hall–Kier alpha value is -0.710. The van der Waals surface area contributed by atoms with Crippen molar-refractivity contribution in [2.45, 2.75) is 64.6 Å². The zero-order chi connectivity index (χ0) is 14.5. The Morgan fingerprint density at radius 3 is 2.60 bits per heavy atom. The SMILES string of the molecule is CCCN(Cc1nc(C)cc(Cl)n1)C1CCC(N)CC1. The molecule has 0 spiro atoms. The van der Waals surface area contributed by atoms with Crippen LogP contribution in [0.25, 0.3) is 0 Å². The van der Waals surface area contributed by atoms with Crippen LogP contribution >= 0.6 is 11.6 Å². The van der Waals surface area contributed by atoms with Crippen LogP contribution in [0.1, 0.15) is 50.5 Å². The topological polar surface area (TPSA) is 55.0 Å². The van der Waals surface area contributed by atoms with Crippen molar-refractivity contribution in [2.75, 3.05) is 6.54 Å². The van der Waals surface area contributed by atoms with Crippen molar-refractivity contribution < 1.29 is 0 Å². The molecule has 5 heteroatoms. The predicted octanol–water partition coefficient (Wildman–Crippen LogP) is 2.92. The second-order valence-electron chi connectivity index (χ2n) is 5.79. The first-order valence-corrected chi connectivity index (χ1v) is 7.96. The molecule has 0 radical (unpaired) electrons. The molecule has 0 saturated heterocycles. The average Bonchev–Trinajstić information content (AvgIpc) is 2.38. The van der Waals surface area contributed by atoms with Crippen molar-refractivity contribution in [3.8, 4) is 0 Å². The smallest absolute Gasteiger partial charge is 0.144 e. The Morgan fingerprint density at radius 1 is 1.30 bits per heavy atom. The number of rotatable bonds is 5. The van der Waals surface area contributed by atoms with Crippen LogP contribution in [0.2, 0.25) is 5.15 Å². The molecule has 112 valence electrons. The van der Waals surface area contributed by atoms with Gasteiger partial charge in [-0.05, 0) is 51.6 Å². The third kappa shape index (κ3) is 4.40. The maximum absolute atomic E-state index is 6.03. The molecular weight excluding hydrogens is 272 g/mol. The summed E-state index contributed by atoms with van der Waals surface area (Å²) in [5.41, 5.74) is 6.94. The lowest BCUT2D eigenvalue weighted by Gasteiger charge is -2.35. The van der Waals surface area contributed by atoms with Gasteiger partial charge in [0.1, 0.15) is 11.0 Å². The molecule has 0 atom stereocenters. The molecule has 0 unspecified atom stereocenters. The molecule has 1 aromatic rings. The van der Waals surface area contributed by atoms with Crippen LogP contribution in [-0.4, -0.2) is 33.5 Å². The second-order valence-corrected chi connectivity index (χ2v) is 6.17. The van der Waals surface area contributed by atoms with Gasteiger partial charge in [-0.3, -0.25) is 4.90 Å². The van der Waals surface area contributed by atoms with Gasteiger partial charge in [0.15, 0.2) is 0 Å². The monoisotopic (exact) mass is 296 g/mol. The maximum Gasteiger partial charge on any atom is 0.144 e. The first-order chi connectivity index (χ1) is 9.58. The van der Waals surface area contributed by atoms with Crippen LogP contribution in [-0.2, 0) is 6.54 Å². The molecule has 1 aliphatic rings. The number of aromatic nitrogens is 2. The minimum Gasteiger partial charge on any atom is -0.328 e. The van der Waals surface area contributed by atoms with Gasteiger partial charge in [0, 0.05) is 17.8 Å². The number of nitrogens with two attached hydrogens (primary N) is 1. The standard InChI is InChI=1S/C15H25ClN4/c1-3-8-20(13-6-4-12(17)5-7-13)10-15-18-11(2)9-14(16)19-15/h9,12-13H,3-8,10,17H2,1-2H3. The van der Waals surface area contributed by atoms with E-state index < -0.39 is 0 Å². The highest BCUT2D eigenvalue weighted by atomic mass is 35.5. The van der Waals surface area contributed by atoms with Gasteiger partial charge < -0.3 is 5.73 Å². The largest absolute Gasteiger partial charge is 0.328 e. The molecule has 1 aromatic heterocycles. The Kier molecular flexibility index (Phi) is 5.75. The molecule has 1 aliphatic carbocycles. The summed E-state index contributed by atoms with van der Waals surface area (Å²) in [5.74, 6) is 0.832. The van der Waals surface area contributed by atoms with E-state index in [0.29, 0.717) is 17.2 Å². The van der Waals surface area contributed by atoms with Gasteiger partial charge in [-0.1, -0.05) is 18.5 Å². The van der Waals surface area contributed by atoms with E-state index in [2.05, 4.69) is 21.8 Å². The highest BCUT2D eigenvalue weighted by Gasteiger charge is 2.24. The molecule has 1 saturated carbocycles. The molecule has 1 heterocycles. The average molecular weight is 297 g/mol. The van der Waals surface area contributed by atoms with E-state index in [0.717, 1.165) is 43.9 Å². The third-order valence-corrected chi connectivity index (χ3v) is 4.18. The fourth-order valence-corrected chi connectivity index (χ4v) is 3.24. The minimum absolute atomic E-state index is 0.388. The van der Waals surface area contributed by atoms with Crippen LogP contribution in [0, 0.1) is 6.92 Å². The molecule has 0 bridgehead atoms. The summed E-state index contributed by atoms with van der Waals surface area (Å²) >= 11 is 6.03. The minimum atomic E-state index is 0.388. The van der Waals surface area contributed by atoms with Crippen molar-refractivity contribution in [1.29, 1.82) is 0 Å². The first-order valence-electron chi connectivity index (χ1n) is 7.58. The van der Waals surface area contributed by atoms with Crippen LogP contribution in [0.5, 0.6) is 0 Å². The molecular formula is C15H25ClN4. The van der Waals surface area contributed by atoms with E-state index in [9.17, 15) is 0 Å². The summed E-state index contributed by atoms with van der Waals surface area (Å²) in [6.07, 6.45) is 5.75. The highest BCUT2D eigenvalue weighted by Crippen LogP contribution is 2.23. The van der Waals surface area contributed by atoms with Gasteiger partial charge in [-0.25, -0.2) is 9.97 Å². The number of aryl methyl sites for hydroxylation is 1. The quantitative estimate of drug-likeness (QED) is 0.849. The fraction of sp³-hybridized carbons (Fsp3) is 0.733. The summed E-state index contributed by atoms with van der Waals surface area (Å²) in [4.78, 5) is 11.4. The molecule has 4 nitrogen and oxygen atoms in total. The fourth-order valence-electron chi connectivity index (χ4n) is 2.99.